The molecule has 114 valence electrons. The number of benzene rings is 1. The molecule has 0 radical (unpaired) electrons. The Balaban J connectivity index is 1.66. The number of aromatic nitrogens is 2. The van der Waals surface area contributed by atoms with Gasteiger partial charge in [-0.05, 0) is 24.4 Å². The third-order valence-corrected chi connectivity index (χ3v) is 4.40. The Morgan fingerprint density at radius 1 is 1.27 bits per heavy atom. The minimum absolute atomic E-state index is 0.384. The lowest BCUT2D eigenvalue weighted by Crippen LogP contribution is -2.12. The smallest absolute Gasteiger partial charge is 0.218 e. The van der Waals surface area contributed by atoms with Crippen molar-refractivity contribution in [3.8, 4) is 5.88 Å². The van der Waals surface area contributed by atoms with Gasteiger partial charge < -0.3 is 15.2 Å². The minimum Gasteiger partial charge on any atom is -0.478 e. The van der Waals surface area contributed by atoms with Crippen LogP contribution in [0.15, 0.2) is 42.7 Å². The third kappa shape index (κ3) is 3.35. The van der Waals surface area contributed by atoms with Crippen LogP contribution in [0.3, 0.4) is 0 Å². The van der Waals surface area contributed by atoms with Crippen LogP contribution in [0.4, 0.5) is 5.82 Å². The molecule has 0 fully saturated rings. The molecule has 1 aromatic carbocycles. The molecule has 6 heteroatoms. The van der Waals surface area contributed by atoms with Gasteiger partial charge in [-0.25, -0.2) is 9.97 Å². The van der Waals surface area contributed by atoms with Crippen molar-refractivity contribution < 1.29 is 9.84 Å². The van der Waals surface area contributed by atoms with E-state index in [1.807, 2.05) is 31.2 Å². The van der Waals surface area contributed by atoms with E-state index in [4.69, 9.17) is 4.74 Å². The van der Waals surface area contributed by atoms with Crippen LogP contribution in [0.25, 0.3) is 10.1 Å². The molecule has 22 heavy (non-hydrogen) atoms. The zero-order valence-electron chi connectivity index (χ0n) is 12.2. The Kier molecular flexibility index (Phi) is 4.50. The summed E-state index contributed by atoms with van der Waals surface area (Å²) in [4.78, 5) is 9.07. The monoisotopic (exact) mass is 315 g/mol. The maximum Gasteiger partial charge on any atom is 0.218 e. The van der Waals surface area contributed by atoms with E-state index in [2.05, 4.69) is 21.4 Å². The second-order valence-electron chi connectivity index (χ2n) is 4.76. The van der Waals surface area contributed by atoms with Crippen LogP contribution in [0.1, 0.15) is 17.9 Å². The van der Waals surface area contributed by atoms with Crippen molar-refractivity contribution in [1.29, 1.82) is 0 Å². The highest BCUT2D eigenvalue weighted by Gasteiger charge is 2.11. The van der Waals surface area contributed by atoms with Gasteiger partial charge in [0.2, 0.25) is 5.88 Å². The van der Waals surface area contributed by atoms with E-state index in [1.165, 1.54) is 11.0 Å². The molecule has 0 aliphatic heterocycles. The van der Waals surface area contributed by atoms with Crippen LogP contribution >= 0.6 is 11.3 Å². The molecule has 0 aliphatic carbocycles. The van der Waals surface area contributed by atoms with E-state index in [0.29, 0.717) is 24.8 Å². The van der Waals surface area contributed by atoms with Crippen molar-refractivity contribution in [2.75, 3.05) is 18.5 Å². The van der Waals surface area contributed by atoms with E-state index in [-0.39, 0.29) is 0 Å². The quantitative estimate of drug-likeness (QED) is 0.731. The number of anilines is 1. The van der Waals surface area contributed by atoms with E-state index in [1.54, 1.807) is 17.4 Å². The molecule has 0 aliphatic rings. The molecule has 5 nitrogen and oxygen atoms in total. The standard InChI is InChI=1S/C16H17N3O2S/c1-2-21-16-8-15(18-10-19-16)17-9-12(20)14-7-11-5-3-4-6-13(11)22-14/h3-8,10,12,20H,2,9H2,1H3,(H,17,18,19). The summed E-state index contributed by atoms with van der Waals surface area (Å²) in [6, 6.07) is 11.9. The summed E-state index contributed by atoms with van der Waals surface area (Å²) in [5, 5.41) is 14.6. The average molecular weight is 315 g/mol. The molecule has 3 rings (SSSR count). The molecule has 0 bridgehead atoms. The molecule has 0 spiro atoms. The number of nitrogens with zero attached hydrogens (tertiary/aromatic N) is 2. The number of thiophene rings is 1. The minimum atomic E-state index is -0.581. The zero-order valence-corrected chi connectivity index (χ0v) is 13.0. The first-order valence-corrected chi connectivity index (χ1v) is 7.93. The second kappa shape index (κ2) is 6.72. The number of hydrogen-bond acceptors (Lipinski definition) is 6. The molecular weight excluding hydrogens is 298 g/mol. The predicted octanol–water partition coefficient (Wildman–Crippen LogP) is 3.24. The van der Waals surface area contributed by atoms with Gasteiger partial charge in [-0.1, -0.05) is 18.2 Å². The number of aliphatic hydroxyl groups is 1. The Labute approximate surface area is 132 Å². The Morgan fingerprint density at radius 2 is 2.14 bits per heavy atom. The number of hydrogen-bond donors (Lipinski definition) is 2. The summed E-state index contributed by atoms with van der Waals surface area (Å²) in [6.07, 6.45) is 0.863. The van der Waals surface area contributed by atoms with Gasteiger partial charge in [0.15, 0.2) is 0 Å². The van der Waals surface area contributed by atoms with Gasteiger partial charge in [0.05, 0.1) is 6.61 Å². The maximum absolute atomic E-state index is 10.3. The van der Waals surface area contributed by atoms with Crippen LogP contribution in [-0.2, 0) is 0 Å². The first-order valence-electron chi connectivity index (χ1n) is 7.11. The van der Waals surface area contributed by atoms with E-state index < -0.39 is 6.10 Å². The first kappa shape index (κ1) is 14.7. The van der Waals surface area contributed by atoms with Crippen molar-refractivity contribution in [3.05, 3.63) is 47.6 Å². The topological polar surface area (TPSA) is 67.3 Å². The van der Waals surface area contributed by atoms with Crippen molar-refractivity contribution in [1.82, 2.24) is 9.97 Å². The highest BCUT2D eigenvalue weighted by molar-refractivity contribution is 7.19. The lowest BCUT2D eigenvalue weighted by Gasteiger charge is -2.11. The number of fused-ring (bicyclic) bond motifs is 1. The maximum atomic E-state index is 10.3. The lowest BCUT2D eigenvalue weighted by atomic mass is 10.2. The van der Waals surface area contributed by atoms with Crippen molar-refractivity contribution in [3.63, 3.8) is 0 Å². The molecule has 1 unspecified atom stereocenters. The molecule has 2 aromatic heterocycles. The molecule has 1 atom stereocenters. The number of aliphatic hydroxyl groups excluding tert-OH is 1. The van der Waals surface area contributed by atoms with Crippen molar-refractivity contribution in [2.45, 2.75) is 13.0 Å². The molecule has 0 saturated carbocycles. The number of rotatable bonds is 6. The fourth-order valence-corrected chi connectivity index (χ4v) is 3.18. The number of nitrogens with one attached hydrogen (secondary N) is 1. The molecular formula is C16H17N3O2S. The fourth-order valence-electron chi connectivity index (χ4n) is 2.13. The molecule has 0 saturated heterocycles. The van der Waals surface area contributed by atoms with Crippen molar-refractivity contribution >= 4 is 27.2 Å². The van der Waals surface area contributed by atoms with E-state index in [0.717, 1.165) is 10.3 Å². The highest BCUT2D eigenvalue weighted by atomic mass is 32.1. The Morgan fingerprint density at radius 3 is 2.95 bits per heavy atom. The van der Waals surface area contributed by atoms with Gasteiger partial charge in [0.25, 0.3) is 0 Å². The van der Waals surface area contributed by atoms with Crippen LogP contribution in [0, 0.1) is 0 Å². The SMILES string of the molecule is CCOc1cc(NCC(O)c2cc3ccccc3s2)ncn1. The molecule has 0 amide bonds. The molecule has 2 N–H and O–H groups in total. The van der Waals surface area contributed by atoms with Gasteiger partial charge in [-0.15, -0.1) is 11.3 Å². The van der Waals surface area contributed by atoms with E-state index >= 15 is 0 Å². The predicted molar refractivity (Wildman–Crippen MR) is 88.5 cm³/mol. The van der Waals surface area contributed by atoms with E-state index in [9.17, 15) is 5.11 Å². The second-order valence-corrected chi connectivity index (χ2v) is 5.87. The first-order chi connectivity index (χ1) is 10.8. The average Bonchev–Trinajstić information content (AvgIpc) is 2.97. The normalized spacial score (nSPS) is 12.3. The summed E-state index contributed by atoms with van der Waals surface area (Å²) in [7, 11) is 0. The molecule has 2 heterocycles. The van der Waals surface area contributed by atoms with Gasteiger partial charge in [0.1, 0.15) is 18.2 Å². The fraction of sp³-hybridized carbons (Fsp3) is 0.250. The zero-order chi connectivity index (χ0) is 15.4. The van der Waals surface area contributed by atoms with Crippen LogP contribution < -0.4 is 10.1 Å². The number of ether oxygens (including phenoxy) is 1. The van der Waals surface area contributed by atoms with Gasteiger partial charge in [0, 0.05) is 22.2 Å². The summed E-state index contributed by atoms with van der Waals surface area (Å²) in [6.45, 7) is 2.84. The van der Waals surface area contributed by atoms with Crippen molar-refractivity contribution in [2.24, 2.45) is 0 Å². The summed E-state index contributed by atoms with van der Waals surface area (Å²) < 4.78 is 6.50. The van der Waals surface area contributed by atoms with Crippen LogP contribution in [-0.4, -0.2) is 28.2 Å². The van der Waals surface area contributed by atoms with Gasteiger partial charge in [-0.3, -0.25) is 0 Å². The Bertz CT molecular complexity index is 727. The van der Waals surface area contributed by atoms with Crippen LogP contribution in [0.5, 0.6) is 5.88 Å². The highest BCUT2D eigenvalue weighted by Crippen LogP contribution is 2.29. The summed E-state index contributed by atoms with van der Waals surface area (Å²) >= 11 is 1.60. The largest absolute Gasteiger partial charge is 0.478 e. The van der Waals surface area contributed by atoms with Gasteiger partial charge >= 0.3 is 0 Å². The Hall–Kier alpha value is -2.18. The summed E-state index contributed by atoms with van der Waals surface area (Å²) in [5.74, 6) is 1.16. The van der Waals surface area contributed by atoms with Crippen LogP contribution in [0.2, 0.25) is 0 Å². The third-order valence-electron chi connectivity index (χ3n) is 3.18. The lowest BCUT2D eigenvalue weighted by molar-refractivity contribution is 0.195. The summed E-state index contributed by atoms with van der Waals surface area (Å²) in [5.41, 5.74) is 0. The van der Waals surface area contributed by atoms with Gasteiger partial charge in [-0.2, -0.15) is 0 Å². The molecule has 3 aromatic rings.